The number of allylic oxidation sites excluding steroid dienone is 2. The standard InChI is InChI=1S/C24H30O2/c1-7-9-21-13-17(3)23(18(4)14-21)25-11-12-26-24-19(5)15-22(10-8-2)16-20(24)6/h7-8,13-16H,1-2,9-12H2,3-6H3. The molecule has 0 bridgehead atoms. The van der Waals surface area contributed by atoms with Gasteiger partial charge < -0.3 is 9.47 Å². The van der Waals surface area contributed by atoms with Crippen molar-refractivity contribution < 1.29 is 9.47 Å². The van der Waals surface area contributed by atoms with E-state index in [1.165, 1.54) is 11.1 Å². The maximum Gasteiger partial charge on any atom is 0.125 e. The minimum Gasteiger partial charge on any atom is -0.489 e. The summed E-state index contributed by atoms with van der Waals surface area (Å²) in [6, 6.07) is 8.66. The Hall–Kier alpha value is -2.48. The van der Waals surface area contributed by atoms with Gasteiger partial charge in [-0.05, 0) is 73.9 Å². The summed E-state index contributed by atoms with van der Waals surface area (Å²) in [6.07, 6.45) is 5.61. The largest absolute Gasteiger partial charge is 0.489 e. The second-order valence-electron chi connectivity index (χ2n) is 6.80. The molecule has 0 amide bonds. The van der Waals surface area contributed by atoms with E-state index < -0.39 is 0 Å². The third kappa shape index (κ3) is 5.01. The molecule has 0 aliphatic heterocycles. The van der Waals surface area contributed by atoms with Gasteiger partial charge in [0.2, 0.25) is 0 Å². The molecule has 138 valence electrons. The summed E-state index contributed by atoms with van der Waals surface area (Å²) in [5.41, 5.74) is 7.16. The van der Waals surface area contributed by atoms with Crippen LogP contribution in [0.25, 0.3) is 0 Å². The smallest absolute Gasteiger partial charge is 0.125 e. The summed E-state index contributed by atoms with van der Waals surface area (Å²) in [6.45, 7) is 17.0. The topological polar surface area (TPSA) is 18.5 Å². The van der Waals surface area contributed by atoms with Gasteiger partial charge in [-0.15, -0.1) is 13.2 Å². The van der Waals surface area contributed by atoms with Gasteiger partial charge in [-0.2, -0.15) is 0 Å². The van der Waals surface area contributed by atoms with E-state index in [0.717, 1.165) is 46.6 Å². The Kier molecular flexibility index (Phi) is 7.08. The van der Waals surface area contributed by atoms with Crippen LogP contribution < -0.4 is 9.47 Å². The molecule has 0 aliphatic rings. The molecular formula is C24H30O2. The molecule has 2 aromatic carbocycles. The fourth-order valence-electron chi connectivity index (χ4n) is 3.39. The highest BCUT2D eigenvalue weighted by atomic mass is 16.5. The molecule has 0 atom stereocenters. The van der Waals surface area contributed by atoms with Crippen LogP contribution >= 0.6 is 0 Å². The van der Waals surface area contributed by atoms with E-state index >= 15 is 0 Å². The first-order valence-corrected chi connectivity index (χ1v) is 9.14. The van der Waals surface area contributed by atoms with E-state index in [9.17, 15) is 0 Å². The van der Waals surface area contributed by atoms with Crippen molar-refractivity contribution in [3.05, 3.63) is 83.0 Å². The van der Waals surface area contributed by atoms with E-state index in [1.807, 2.05) is 12.2 Å². The fraction of sp³-hybridized carbons (Fsp3) is 0.333. The Morgan fingerprint density at radius 3 is 1.23 bits per heavy atom. The molecule has 2 rings (SSSR count). The predicted octanol–water partition coefficient (Wildman–Crippen LogP) is 5.84. The first kappa shape index (κ1) is 19.8. The summed E-state index contributed by atoms with van der Waals surface area (Å²) in [7, 11) is 0. The van der Waals surface area contributed by atoms with Crippen molar-refractivity contribution in [2.75, 3.05) is 13.2 Å². The minimum atomic E-state index is 0.524. The van der Waals surface area contributed by atoms with Crippen molar-refractivity contribution in [2.45, 2.75) is 40.5 Å². The quantitative estimate of drug-likeness (QED) is 0.418. The van der Waals surface area contributed by atoms with Crippen LogP contribution in [-0.2, 0) is 12.8 Å². The van der Waals surface area contributed by atoms with E-state index in [0.29, 0.717) is 13.2 Å². The van der Waals surface area contributed by atoms with Gasteiger partial charge in [0.25, 0.3) is 0 Å². The molecule has 0 N–H and O–H groups in total. The third-order valence-corrected chi connectivity index (χ3v) is 4.38. The maximum atomic E-state index is 6.00. The van der Waals surface area contributed by atoms with Crippen LogP contribution in [0.3, 0.4) is 0 Å². The Bertz CT molecular complexity index is 673. The lowest BCUT2D eigenvalue weighted by molar-refractivity contribution is 0.214. The van der Waals surface area contributed by atoms with E-state index in [4.69, 9.17) is 9.47 Å². The first-order chi connectivity index (χ1) is 12.5. The summed E-state index contributed by atoms with van der Waals surface area (Å²) >= 11 is 0. The highest BCUT2D eigenvalue weighted by molar-refractivity contribution is 5.45. The Morgan fingerprint density at radius 1 is 0.654 bits per heavy atom. The number of rotatable bonds is 9. The molecule has 0 unspecified atom stereocenters. The Labute approximate surface area is 158 Å². The van der Waals surface area contributed by atoms with Crippen molar-refractivity contribution in [1.29, 1.82) is 0 Å². The zero-order valence-corrected chi connectivity index (χ0v) is 16.5. The van der Waals surface area contributed by atoms with Gasteiger partial charge in [-0.25, -0.2) is 0 Å². The normalized spacial score (nSPS) is 10.5. The Balaban J connectivity index is 1.97. The monoisotopic (exact) mass is 350 g/mol. The average molecular weight is 351 g/mol. The molecule has 0 saturated heterocycles. The summed E-state index contributed by atoms with van der Waals surface area (Å²) < 4.78 is 12.0. The SMILES string of the molecule is C=CCc1cc(C)c(OCCOc2c(C)cc(CC=C)cc2C)c(C)c1. The fourth-order valence-corrected chi connectivity index (χ4v) is 3.39. The van der Waals surface area contributed by atoms with Crippen LogP contribution in [0.2, 0.25) is 0 Å². The second-order valence-corrected chi connectivity index (χ2v) is 6.80. The van der Waals surface area contributed by atoms with Crippen LogP contribution in [0.4, 0.5) is 0 Å². The van der Waals surface area contributed by atoms with E-state index in [1.54, 1.807) is 0 Å². The van der Waals surface area contributed by atoms with Crippen molar-refractivity contribution >= 4 is 0 Å². The third-order valence-electron chi connectivity index (χ3n) is 4.38. The van der Waals surface area contributed by atoms with E-state index in [2.05, 4.69) is 65.1 Å². The summed E-state index contributed by atoms with van der Waals surface area (Å²) in [4.78, 5) is 0. The molecule has 0 aliphatic carbocycles. The number of hydrogen-bond acceptors (Lipinski definition) is 2. The van der Waals surface area contributed by atoms with Crippen LogP contribution in [-0.4, -0.2) is 13.2 Å². The van der Waals surface area contributed by atoms with Crippen LogP contribution in [0, 0.1) is 27.7 Å². The zero-order chi connectivity index (χ0) is 19.1. The molecule has 2 aromatic rings. The number of aryl methyl sites for hydroxylation is 4. The zero-order valence-electron chi connectivity index (χ0n) is 16.5. The highest BCUT2D eigenvalue weighted by Crippen LogP contribution is 2.27. The van der Waals surface area contributed by atoms with Crippen molar-refractivity contribution in [3.63, 3.8) is 0 Å². The van der Waals surface area contributed by atoms with Gasteiger partial charge in [0.1, 0.15) is 24.7 Å². The lowest BCUT2D eigenvalue weighted by atomic mass is 10.0. The summed E-state index contributed by atoms with van der Waals surface area (Å²) in [5.74, 6) is 1.91. The number of hydrogen-bond donors (Lipinski definition) is 0. The predicted molar refractivity (Wildman–Crippen MR) is 111 cm³/mol. The molecule has 0 fully saturated rings. The van der Waals surface area contributed by atoms with Gasteiger partial charge in [0.05, 0.1) is 0 Å². The Morgan fingerprint density at radius 2 is 0.962 bits per heavy atom. The van der Waals surface area contributed by atoms with Gasteiger partial charge in [0, 0.05) is 0 Å². The molecule has 0 saturated carbocycles. The molecule has 0 heterocycles. The van der Waals surface area contributed by atoms with Crippen LogP contribution in [0.5, 0.6) is 11.5 Å². The average Bonchev–Trinajstić information content (AvgIpc) is 2.56. The molecule has 2 nitrogen and oxygen atoms in total. The molecule has 2 heteroatoms. The molecule has 0 aromatic heterocycles. The van der Waals surface area contributed by atoms with E-state index in [-0.39, 0.29) is 0 Å². The van der Waals surface area contributed by atoms with Gasteiger partial charge in [-0.3, -0.25) is 0 Å². The number of ether oxygens (including phenoxy) is 2. The van der Waals surface area contributed by atoms with Crippen LogP contribution in [0.15, 0.2) is 49.6 Å². The van der Waals surface area contributed by atoms with Crippen molar-refractivity contribution in [1.82, 2.24) is 0 Å². The molecule has 26 heavy (non-hydrogen) atoms. The molecular weight excluding hydrogens is 320 g/mol. The second kappa shape index (κ2) is 9.28. The maximum absolute atomic E-state index is 6.00. The summed E-state index contributed by atoms with van der Waals surface area (Å²) in [5, 5.41) is 0. The highest BCUT2D eigenvalue weighted by Gasteiger charge is 2.08. The van der Waals surface area contributed by atoms with Crippen molar-refractivity contribution in [2.24, 2.45) is 0 Å². The van der Waals surface area contributed by atoms with Crippen LogP contribution in [0.1, 0.15) is 33.4 Å². The van der Waals surface area contributed by atoms with Gasteiger partial charge in [0.15, 0.2) is 0 Å². The molecule has 0 radical (unpaired) electrons. The lowest BCUT2D eigenvalue weighted by Gasteiger charge is -2.16. The minimum absolute atomic E-state index is 0.524. The number of benzene rings is 2. The first-order valence-electron chi connectivity index (χ1n) is 9.14. The van der Waals surface area contributed by atoms with Gasteiger partial charge >= 0.3 is 0 Å². The van der Waals surface area contributed by atoms with Crippen molar-refractivity contribution in [3.8, 4) is 11.5 Å². The molecule has 0 spiro atoms. The lowest BCUT2D eigenvalue weighted by Crippen LogP contribution is -2.12. The van der Waals surface area contributed by atoms with Gasteiger partial charge in [-0.1, -0.05) is 36.4 Å².